The Morgan fingerprint density at radius 2 is 1.83 bits per heavy atom. The molecular formula is C19H23FN2O2. The topological polar surface area (TPSA) is 64.3 Å². The third kappa shape index (κ3) is 5.35. The molecule has 5 heteroatoms. The molecule has 2 aromatic rings. The van der Waals surface area contributed by atoms with Gasteiger partial charge in [0.05, 0.1) is 7.11 Å². The van der Waals surface area contributed by atoms with Gasteiger partial charge in [-0.3, -0.25) is 4.79 Å². The van der Waals surface area contributed by atoms with E-state index in [1.165, 1.54) is 6.07 Å². The van der Waals surface area contributed by atoms with Gasteiger partial charge in [0.15, 0.2) is 0 Å². The molecule has 0 heterocycles. The second-order valence-corrected chi connectivity index (χ2v) is 5.67. The van der Waals surface area contributed by atoms with E-state index in [1.807, 2.05) is 24.3 Å². The average molecular weight is 330 g/mol. The molecule has 0 spiro atoms. The highest BCUT2D eigenvalue weighted by Gasteiger charge is 2.12. The zero-order chi connectivity index (χ0) is 17.4. The van der Waals surface area contributed by atoms with Gasteiger partial charge in [-0.1, -0.05) is 36.4 Å². The summed E-state index contributed by atoms with van der Waals surface area (Å²) in [6, 6.07) is 13.8. The van der Waals surface area contributed by atoms with Crippen LogP contribution in [0.15, 0.2) is 48.5 Å². The van der Waals surface area contributed by atoms with Crippen LogP contribution in [-0.2, 0) is 17.6 Å². The van der Waals surface area contributed by atoms with E-state index in [0.29, 0.717) is 24.9 Å². The Kier molecular flexibility index (Phi) is 6.75. The highest BCUT2D eigenvalue weighted by molar-refractivity contribution is 5.76. The van der Waals surface area contributed by atoms with E-state index in [0.717, 1.165) is 11.3 Å². The summed E-state index contributed by atoms with van der Waals surface area (Å²) in [6.07, 6.45) is 1.19. The van der Waals surface area contributed by atoms with Gasteiger partial charge in [0.1, 0.15) is 11.6 Å². The number of hydrogen-bond acceptors (Lipinski definition) is 3. The van der Waals surface area contributed by atoms with Crippen molar-refractivity contribution in [1.82, 2.24) is 5.32 Å². The first-order valence-corrected chi connectivity index (χ1v) is 7.97. The molecule has 0 fully saturated rings. The molecule has 24 heavy (non-hydrogen) atoms. The Morgan fingerprint density at radius 3 is 2.54 bits per heavy atom. The molecule has 2 aromatic carbocycles. The van der Waals surface area contributed by atoms with Crippen molar-refractivity contribution < 1.29 is 13.9 Å². The summed E-state index contributed by atoms with van der Waals surface area (Å²) in [4.78, 5) is 12.0. The minimum absolute atomic E-state index is 0.131. The normalized spacial score (nSPS) is 11.8. The minimum Gasteiger partial charge on any atom is -0.496 e. The van der Waals surface area contributed by atoms with Gasteiger partial charge in [0.25, 0.3) is 0 Å². The average Bonchev–Trinajstić information content (AvgIpc) is 2.57. The van der Waals surface area contributed by atoms with Gasteiger partial charge in [-0.05, 0) is 36.1 Å². The maximum absolute atomic E-state index is 13.6. The van der Waals surface area contributed by atoms with Crippen LogP contribution in [0.4, 0.5) is 4.39 Å². The number of carbonyl (C=O) groups excluding carboxylic acids is 1. The summed E-state index contributed by atoms with van der Waals surface area (Å²) < 4.78 is 18.9. The molecule has 2 rings (SSSR count). The Labute approximate surface area is 141 Å². The fraction of sp³-hybridized carbons (Fsp3) is 0.316. The molecule has 3 N–H and O–H groups in total. The van der Waals surface area contributed by atoms with Crippen LogP contribution in [-0.4, -0.2) is 25.6 Å². The van der Waals surface area contributed by atoms with Crippen LogP contribution in [0.25, 0.3) is 0 Å². The van der Waals surface area contributed by atoms with Crippen LogP contribution in [0, 0.1) is 5.82 Å². The van der Waals surface area contributed by atoms with Crippen molar-refractivity contribution >= 4 is 5.91 Å². The molecule has 0 aromatic heterocycles. The molecule has 128 valence electrons. The predicted molar refractivity (Wildman–Crippen MR) is 92.4 cm³/mol. The monoisotopic (exact) mass is 330 g/mol. The van der Waals surface area contributed by atoms with Crippen molar-refractivity contribution in [3.05, 3.63) is 65.5 Å². The number of amides is 1. The maximum atomic E-state index is 13.6. The molecule has 0 unspecified atom stereocenters. The van der Waals surface area contributed by atoms with E-state index in [-0.39, 0.29) is 18.1 Å². The molecule has 0 saturated carbocycles. The summed E-state index contributed by atoms with van der Waals surface area (Å²) in [5, 5.41) is 2.85. The molecule has 0 aliphatic carbocycles. The third-order valence-electron chi connectivity index (χ3n) is 3.80. The number of nitrogens with one attached hydrogen (secondary N) is 1. The van der Waals surface area contributed by atoms with Crippen molar-refractivity contribution in [2.75, 3.05) is 13.7 Å². The van der Waals surface area contributed by atoms with Crippen molar-refractivity contribution in [3.63, 3.8) is 0 Å². The lowest BCUT2D eigenvalue weighted by atomic mass is 10.0. The van der Waals surface area contributed by atoms with Crippen molar-refractivity contribution in [2.24, 2.45) is 5.73 Å². The third-order valence-corrected chi connectivity index (χ3v) is 3.80. The molecule has 0 saturated heterocycles. The predicted octanol–water partition coefficient (Wildman–Crippen LogP) is 2.45. The highest BCUT2D eigenvalue weighted by Crippen LogP contribution is 2.17. The van der Waals surface area contributed by atoms with Crippen molar-refractivity contribution in [1.29, 1.82) is 0 Å². The van der Waals surface area contributed by atoms with Crippen LogP contribution in [0.5, 0.6) is 5.75 Å². The number of carbonyl (C=O) groups is 1. The Bertz CT molecular complexity index is 676. The molecule has 0 aliphatic rings. The Morgan fingerprint density at radius 1 is 1.17 bits per heavy atom. The van der Waals surface area contributed by atoms with E-state index < -0.39 is 6.04 Å². The highest BCUT2D eigenvalue weighted by atomic mass is 19.1. The zero-order valence-corrected chi connectivity index (χ0v) is 13.8. The number of rotatable bonds is 8. The summed E-state index contributed by atoms with van der Waals surface area (Å²) in [5.41, 5.74) is 7.53. The number of para-hydroxylation sites is 1. The minimum atomic E-state index is -0.409. The van der Waals surface area contributed by atoms with Crippen molar-refractivity contribution in [3.8, 4) is 5.75 Å². The first kappa shape index (κ1) is 17.9. The lowest BCUT2D eigenvalue weighted by Gasteiger charge is -2.13. The number of nitrogens with two attached hydrogens (primary N) is 1. The molecule has 0 aliphatic heterocycles. The quantitative estimate of drug-likeness (QED) is 0.781. The van der Waals surface area contributed by atoms with Gasteiger partial charge in [0, 0.05) is 19.0 Å². The summed E-state index contributed by atoms with van der Waals surface area (Å²) >= 11 is 0. The van der Waals surface area contributed by atoms with E-state index in [9.17, 15) is 9.18 Å². The molecular weight excluding hydrogens is 307 g/mol. The van der Waals surface area contributed by atoms with E-state index in [1.54, 1.807) is 25.3 Å². The number of halogens is 1. The number of hydrogen-bond donors (Lipinski definition) is 2. The summed E-state index contributed by atoms with van der Waals surface area (Å²) in [6.45, 7) is 0.506. The Balaban J connectivity index is 1.76. The Hall–Kier alpha value is -2.40. The molecule has 0 radical (unpaired) electrons. The van der Waals surface area contributed by atoms with Gasteiger partial charge in [-0.15, -0.1) is 0 Å². The van der Waals surface area contributed by atoms with Crippen LogP contribution in [0.2, 0.25) is 0 Å². The van der Waals surface area contributed by atoms with E-state index in [2.05, 4.69) is 5.32 Å². The fourth-order valence-electron chi connectivity index (χ4n) is 2.57. The second kappa shape index (κ2) is 9.03. The molecule has 4 nitrogen and oxygen atoms in total. The number of benzene rings is 2. The lowest BCUT2D eigenvalue weighted by Crippen LogP contribution is -2.34. The lowest BCUT2D eigenvalue weighted by molar-refractivity contribution is -0.121. The second-order valence-electron chi connectivity index (χ2n) is 5.67. The van der Waals surface area contributed by atoms with Gasteiger partial charge in [0.2, 0.25) is 5.91 Å². The van der Waals surface area contributed by atoms with Crippen molar-refractivity contribution in [2.45, 2.75) is 25.3 Å². The zero-order valence-electron chi connectivity index (χ0n) is 13.8. The molecule has 0 bridgehead atoms. The molecule has 1 amide bonds. The first-order valence-electron chi connectivity index (χ1n) is 7.97. The number of methoxy groups -OCH3 is 1. The smallest absolute Gasteiger partial charge is 0.221 e. The fourth-order valence-corrected chi connectivity index (χ4v) is 2.57. The summed E-state index contributed by atoms with van der Waals surface area (Å²) in [5.74, 6) is 0.390. The van der Waals surface area contributed by atoms with Crippen LogP contribution in [0.3, 0.4) is 0 Å². The standard InChI is InChI=1S/C19H23FN2O2/c1-24-18-9-5-3-6-14(18)10-11-22-19(23)13-16(21)12-15-7-2-4-8-17(15)20/h2-9,16H,10-13,21H2,1H3,(H,22,23)/t16-/m1/s1. The summed E-state index contributed by atoms with van der Waals surface area (Å²) in [7, 11) is 1.62. The number of ether oxygens (including phenoxy) is 1. The van der Waals surface area contributed by atoms with Gasteiger partial charge in [-0.25, -0.2) is 4.39 Å². The molecule has 1 atom stereocenters. The first-order chi connectivity index (χ1) is 11.6. The van der Waals surface area contributed by atoms with Gasteiger partial charge < -0.3 is 15.8 Å². The van der Waals surface area contributed by atoms with Crippen LogP contribution < -0.4 is 15.8 Å². The van der Waals surface area contributed by atoms with Crippen LogP contribution in [0.1, 0.15) is 17.5 Å². The van der Waals surface area contributed by atoms with Gasteiger partial charge in [-0.2, -0.15) is 0 Å². The maximum Gasteiger partial charge on any atom is 0.221 e. The van der Waals surface area contributed by atoms with E-state index >= 15 is 0 Å². The largest absolute Gasteiger partial charge is 0.496 e. The SMILES string of the molecule is COc1ccccc1CCNC(=O)C[C@H](N)Cc1ccccc1F. The van der Waals surface area contributed by atoms with Crippen LogP contribution >= 0.6 is 0 Å². The van der Waals surface area contributed by atoms with Gasteiger partial charge >= 0.3 is 0 Å². The van der Waals surface area contributed by atoms with E-state index in [4.69, 9.17) is 10.5 Å².